The maximum atomic E-state index is 11.4. The monoisotopic (exact) mass is 248 g/mol. The number of sulfone groups is 1. The SMILES string of the molecule is CNC1(CO)CCN(C2CCS(=O)(=O)C2)C1. The normalized spacial score (nSPS) is 39.2. The van der Waals surface area contributed by atoms with Gasteiger partial charge in [0.1, 0.15) is 0 Å². The molecule has 2 aliphatic heterocycles. The van der Waals surface area contributed by atoms with Crippen LogP contribution < -0.4 is 5.32 Å². The van der Waals surface area contributed by atoms with Crippen LogP contribution in [0.1, 0.15) is 12.8 Å². The summed E-state index contributed by atoms with van der Waals surface area (Å²) in [5.74, 6) is 0.609. The molecule has 2 saturated heterocycles. The molecule has 2 atom stereocenters. The van der Waals surface area contributed by atoms with Gasteiger partial charge in [0.25, 0.3) is 0 Å². The summed E-state index contributed by atoms with van der Waals surface area (Å²) in [6, 6.07) is 0.159. The third-order valence-corrected chi connectivity index (χ3v) is 5.69. The number of nitrogens with one attached hydrogen (secondary N) is 1. The second-order valence-electron chi connectivity index (χ2n) is 4.97. The van der Waals surface area contributed by atoms with Crippen LogP contribution in [-0.2, 0) is 9.84 Å². The van der Waals surface area contributed by atoms with Crippen LogP contribution in [0.25, 0.3) is 0 Å². The smallest absolute Gasteiger partial charge is 0.151 e. The number of aliphatic hydroxyl groups excluding tert-OH is 1. The van der Waals surface area contributed by atoms with E-state index in [9.17, 15) is 13.5 Å². The first-order valence-electron chi connectivity index (χ1n) is 5.74. The van der Waals surface area contributed by atoms with E-state index < -0.39 is 9.84 Å². The predicted molar refractivity (Wildman–Crippen MR) is 62.1 cm³/mol. The van der Waals surface area contributed by atoms with Gasteiger partial charge in [-0.2, -0.15) is 0 Å². The highest BCUT2D eigenvalue weighted by molar-refractivity contribution is 7.91. The Balaban J connectivity index is 1.99. The summed E-state index contributed by atoms with van der Waals surface area (Å²) < 4.78 is 22.8. The Bertz CT molecular complexity index is 351. The van der Waals surface area contributed by atoms with E-state index in [0.29, 0.717) is 5.75 Å². The van der Waals surface area contributed by atoms with Gasteiger partial charge >= 0.3 is 0 Å². The molecule has 94 valence electrons. The molecule has 0 radical (unpaired) electrons. The van der Waals surface area contributed by atoms with Crippen molar-refractivity contribution in [3.05, 3.63) is 0 Å². The second-order valence-corrected chi connectivity index (χ2v) is 7.19. The number of hydrogen-bond acceptors (Lipinski definition) is 5. The minimum absolute atomic E-state index is 0.111. The summed E-state index contributed by atoms with van der Waals surface area (Å²) in [5, 5.41) is 12.5. The maximum Gasteiger partial charge on any atom is 0.151 e. The van der Waals surface area contributed by atoms with Gasteiger partial charge in [-0.1, -0.05) is 0 Å². The first kappa shape index (κ1) is 12.3. The predicted octanol–water partition coefficient (Wildman–Crippen LogP) is -1.17. The van der Waals surface area contributed by atoms with E-state index in [2.05, 4.69) is 10.2 Å². The van der Waals surface area contributed by atoms with Crippen molar-refractivity contribution in [2.75, 3.05) is 38.2 Å². The van der Waals surface area contributed by atoms with Gasteiger partial charge < -0.3 is 10.4 Å². The molecule has 6 heteroatoms. The molecule has 2 heterocycles. The molecule has 2 aliphatic rings. The molecular weight excluding hydrogens is 228 g/mol. The van der Waals surface area contributed by atoms with Crippen LogP contribution in [0, 0.1) is 0 Å². The summed E-state index contributed by atoms with van der Waals surface area (Å²) in [6.07, 6.45) is 1.63. The van der Waals surface area contributed by atoms with Crippen LogP contribution in [0.4, 0.5) is 0 Å². The second kappa shape index (κ2) is 4.25. The molecule has 0 bridgehead atoms. The average molecular weight is 248 g/mol. The molecule has 2 unspecified atom stereocenters. The third kappa shape index (κ3) is 2.25. The average Bonchev–Trinajstić information content (AvgIpc) is 2.82. The molecule has 0 amide bonds. The zero-order valence-electron chi connectivity index (χ0n) is 9.65. The Morgan fingerprint density at radius 2 is 2.31 bits per heavy atom. The van der Waals surface area contributed by atoms with Crippen LogP contribution in [0.15, 0.2) is 0 Å². The third-order valence-electron chi connectivity index (χ3n) is 3.94. The summed E-state index contributed by atoms with van der Waals surface area (Å²) in [6.45, 7) is 1.74. The molecule has 0 aromatic carbocycles. The van der Waals surface area contributed by atoms with Crippen LogP contribution in [0.3, 0.4) is 0 Å². The first-order chi connectivity index (χ1) is 7.50. The quantitative estimate of drug-likeness (QED) is 0.658. The van der Waals surface area contributed by atoms with E-state index in [1.54, 1.807) is 0 Å². The molecule has 2 rings (SSSR count). The molecule has 0 aromatic heterocycles. The van der Waals surface area contributed by atoms with E-state index in [4.69, 9.17) is 0 Å². The van der Waals surface area contributed by atoms with Crippen LogP contribution in [-0.4, -0.2) is 68.3 Å². The van der Waals surface area contributed by atoms with Crippen molar-refractivity contribution in [3.63, 3.8) is 0 Å². The Morgan fingerprint density at radius 1 is 1.56 bits per heavy atom. The lowest BCUT2D eigenvalue weighted by atomic mass is 10.0. The number of hydrogen-bond donors (Lipinski definition) is 2. The number of nitrogens with zero attached hydrogens (tertiary/aromatic N) is 1. The molecule has 0 spiro atoms. The first-order valence-corrected chi connectivity index (χ1v) is 7.57. The van der Waals surface area contributed by atoms with Crippen molar-refractivity contribution in [1.29, 1.82) is 0 Å². The molecule has 0 saturated carbocycles. The van der Waals surface area contributed by atoms with Gasteiger partial charge in [-0.15, -0.1) is 0 Å². The molecular formula is C10H20N2O3S. The van der Waals surface area contributed by atoms with Crippen molar-refractivity contribution in [2.24, 2.45) is 0 Å². The van der Waals surface area contributed by atoms with Gasteiger partial charge in [0.2, 0.25) is 0 Å². The maximum absolute atomic E-state index is 11.4. The molecule has 5 nitrogen and oxygen atoms in total. The van der Waals surface area contributed by atoms with Crippen molar-refractivity contribution in [3.8, 4) is 0 Å². The summed E-state index contributed by atoms with van der Waals surface area (Å²) in [5.41, 5.74) is -0.230. The number of rotatable bonds is 3. The highest BCUT2D eigenvalue weighted by Gasteiger charge is 2.41. The van der Waals surface area contributed by atoms with Gasteiger partial charge in [-0.05, 0) is 19.9 Å². The van der Waals surface area contributed by atoms with Crippen molar-refractivity contribution >= 4 is 9.84 Å². The van der Waals surface area contributed by atoms with Gasteiger partial charge in [0.05, 0.1) is 23.7 Å². The van der Waals surface area contributed by atoms with Gasteiger partial charge in [-0.25, -0.2) is 8.42 Å². The lowest BCUT2D eigenvalue weighted by Crippen LogP contribution is -2.50. The standard InChI is InChI=1S/C10H20N2O3S/c1-11-10(8-13)3-4-12(7-10)9-2-5-16(14,15)6-9/h9,11,13H,2-8H2,1H3. The van der Waals surface area contributed by atoms with E-state index >= 15 is 0 Å². The fourth-order valence-electron chi connectivity index (χ4n) is 2.69. The topological polar surface area (TPSA) is 69.6 Å². The molecule has 16 heavy (non-hydrogen) atoms. The highest BCUT2D eigenvalue weighted by atomic mass is 32.2. The summed E-state index contributed by atoms with van der Waals surface area (Å²) in [4.78, 5) is 2.21. The zero-order chi connectivity index (χ0) is 11.8. The number of likely N-dealkylation sites (N-methyl/N-ethyl adjacent to an activating group) is 1. The lowest BCUT2D eigenvalue weighted by Gasteiger charge is -2.28. The number of aliphatic hydroxyl groups is 1. The summed E-state index contributed by atoms with van der Waals surface area (Å²) >= 11 is 0. The van der Waals surface area contributed by atoms with Crippen LogP contribution >= 0.6 is 0 Å². The van der Waals surface area contributed by atoms with Crippen molar-refractivity contribution in [2.45, 2.75) is 24.4 Å². The fourth-order valence-corrected chi connectivity index (χ4v) is 4.45. The number of likely N-dealkylation sites (tertiary alicyclic amines) is 1. The summed E-state index contributed by atoms with van der Waals surface area (Å²) in [7, 11) is -0.956. The Morgan fingerprint density at radius 3 is 2.75 bits per heavy atom. The Kier molecular flexibility index (Phi) is 3.27. The van der Waals surface area contributed by atoms with Gasteiger partial charge in [0.15, 0.2) is 9.84 Å². The minimum atomic E-state index is -2.81. The van der Waals surface area contributed by atoms with Crippen LogP contribution in [0.2, 0.25) is 0 Å². The van der Waals surface area contributed by atoms with Crippen molar-refractivity contribution in [1.82, 2.24) is 10.2 Å². The van der Waals surface area contributed by atoms with E-state index in [1.807, 2.05) is 7.05 Å². The molecule has 0 aromatic rings. The lowest BCUT2D eigenvalue weighted by molar-refractivity contribution is 0.158. The van der Waals surface area contributed by atoms with E-state index in [0.717, 1.165) is 25.9 Å². The molecule has 2 fully saturated rings. The zero-order valence-corrected chi connectivity index (χ0v) is 10.5. The largest absolute Gasteiger partial charge is 0.394 e. The van der Waals surface area contributed by atoms with Gasteiger partial charge in [-0.3, -0.25) is 4.90 Å². The Hall–Kier alpha value is -0.170. The van der Waals surface area contributed by atoms with E-state index in [1.165, 1.54) is 0 Å². The highest BCUT2D eigenvalue weighted by Crippen LogP contribution is 2.27. The van der Waals surface area contributed by atoms with E-state index in [-0.39, 0.29) is 23.9 Å². The molecule has 0 aliphatic carbocycles. The van der Waals surface area contributed by atoms with Crippen molar-refractivity contribution < 1.29 is 13.5 Å². The van der Waals surface area contributed by atoms with Crippen LogP contribution in [0.5, 0.6) is 0 Å². The Labute approximate surface area is 96.7 Å². The fraction of sp³-hybridized carbons (Fsp3) is 1.00. The minimum Gasteiger partial charge on any atom is -0.394 e. The van der Waals surface area contributed by atoms with Gasteiger partial charge in [0, 0.05) is 19.1 Å². The molecule has 2 N–H and O–H groups in total.